The molecule has 1 atom stereocenters. The number of nitrogens with one attached hydrogen (secondary N) is 1. The number of nitrogens with zero attached hydrogens (tertiary/aromatic N) is 3. The number of hydrogen-bond donors (Lipinski definition) is 1. The van der Waals surface area contributed by atoms with Gasteiger partial charge in [-0.2, -0.15) is 0 Å². The Labute approximate surface area is 269 Å². The summed E-state index contributed by atoms with van der Waals surface area (Å²) in [4.78, 5) is 28.9. The Morgan fingerprint density at radius 3 is 1.76 bits per heavy atom. The van der Waals surface area contributed by atoms with Gasteiger partial charge in [0.05, 0.1) is 29.4 Å². The van der Waals surface area contributed by atoms with E-state index in [0.717, 1.165) is 44.7 Å². The summed E-state index contributed by atoms with van der Waals surface area (Å²) >= 11 is 0. The van der Waals surface area contributed by atoms with Gasteiger partial charge in [0.1, 0.15) is 6.04 Å². The zero-order chi connectivity index (χ0) is 32.3. The van der Waals surface area contributed by atoms with Crippen molar-refractivity contribution in [2.75, 3.05) is 26.1 Å². The number of methoxy groups -OCH3 is 1. The molecule has 0 aliphatic carbocycles. The number of hydrogen-bond acceptors (Lipinski definition) is 5. The first-order chi connectivity index (χ1) is 22.3. The van der Waals surface area contributed by atoms with Crippen molar-refractivity contribution in [3.05, 3.63) is 166 Å². The molecule has 0 unspecified atom stereocenters. The highest BCUT2D eigenvalue weighted by atomic mass is 16.5. The maximum Gasteiger partial charge on any atom is 0.333 e. The normalized spacial score (nSPS) is 12.2. The molecule has 1 N–H and O–H groups in total. The lowest BCUT2D eigenvalue weighted by Crippen LogP contribution is -2.53. The fourth-order valence-electron chi connectivity index (χ4n) is 6.29. The zero-order valence-corrected chi connectivity index (χ0v) is 26.6. The van der Waals surface area contributed by atoms with Gasteiger partial charge in [-0.3, -0.25) is 19.2 Å². The topological polar surface area (TPSA) is 68.5 Å². The van der Waals surface area contributed by atoms with Crippen molar-refractivity contribution >= 4 is 22.7 Å². The largest absolute Gasteiger partial charge is 0.468 e. The Morgan fingerprint density at radius 1 is 0.761 bits per heavy atom. The summed E-state index contributed by atoms with van der Waals surface area (Å²) in [5.41, 5.74) is 6.43. The van der Waals surface area contributed by atoms with Crippen LogP contribution in [-0.2, 0) is 28.5 Å². The molecular weight excluding hydrogens is 572 g/mol. The first-order valence-electron chi connectivity index (χ1n) is 15.3. The summed E-state index contributed by atoms with van der Waals surface area (Å²) in [6.07, 6.45) is 0.371. The van der Waals surface area contributed by atoms with Crippen molar-refractivity contribution in [3.8, 4) is 5.69 Å². The number of aromatic nitrogens is 2. The van der Waals surface area contributed by atoms with Crippen LogP contribution in [0.1, 0.15) is 22.3 Å². The molecule has 0 spiro atoms. The molecule has 0 aliphatic heterocycles. The van der Waals surface area contributed by atoms with Crippen LogP contribution in [0.15, 0.2) is 138 Å². The Kier molecular flexibility index (Phi) is 8.59. The van der Waals surface area contributed by atoms with E-state index in [9.17, 15) is 9.59 Å². The second-order valence-corrected chi connectivity index (χ2v) is 11.7. The van der Waals surface area contributed by atoms with Crippen LogP contribution in [0.25, 0.3) is 16.7 Å². The predicted octanol–water partition coefficient (Wildman–Crippen LogP) is 6.06. The van der Waals surface area contributed by atoms with Gasteiger partial charge in [0.2, 0.25) is 0 Å². The van der Waals surface area contributed by atoms with E-state index in [0.29, 0.717) is 6.42 Å². The molecule has 0 fully saturated rings. The minimum Gasteiger partial charge on any atom is -0.468 e. The lowest BCUT2D eigenvalue weighted by atomic mass is 9.76. The van der Waals surface area contributed by atoms with Crippen molar-refractivity contribution in [1.29, 1.82) is 0 Å². The molecule has 7 heteroatoms. The third kappa shape index (κ3) is 5.61. The van der Waals surface area contributed by atoms with Crippen molar-refractivity contribution in [3.63, 3.8) is 0 Å². The molecular formula is C39H38N4O3. The van der Waals surface area contributed by atoms with Crippen LogP contribution >= 0.6 is 0 Å². The van der Waals surface area contributed by atoms with E-state index in [1.807, 2.05) is 116 Å². The second kappa shape index (κ2) is 12.9. The number of fused-ring (bicyclic) bond motifs is 1. The van der Waals surface area contributed by atoms with Crippen LogP contribution in [0.2, 0.25) is 0 Å². The van der Waals surface area contributed by atoms with Gasteiger partial charge in [0, 0.05) is 26.8 Å². The van der Waals surface area contributed by atoms with Crippen LogP contribution in [0.4, 0.5) is 5.69 Å². The number of imidazole rings is 1. The zero-order valence-electron chi connectivity index (χ0n) is 26.6. The van der Waals surface area contributed by atoms with E-state index in [1.165, 1.54) is 7.11 Å². The van der Waals surface area contributed by atoms with E-state index in [4.69, 9.17) is 4.74 Å². The second-order valence-electron chi connectivity index (χ2n) is 11.7. The monoisotopic (exact) mass is 610 g/mol. The Bertz CT molecular complexity index is 1900. The highest BCUT2D eigenvalue weighted by molar-refractivity contribution is 5.82. The highest BCUT2D eigenvalue weighted by Crippen LogP contribution is 2.37. The van der Waals surface area contributed by atoms with Gasteiger partial charge in [-0.15, -0.1) is 0 Å². The standard InChI is InChI=1S/C39H38N4O3/c1-41(2)33-24-25-35-36(27-33)43(38(45)42(35)3)32-22-20-28(21-23-32)26-34(37(44)46-4)40-39(29-14-8-5-9-15-29,30-16-10-6-11-17-30)31-18-12-7-13-19-31/h5-25,27,34,40H,26H2,1-4H3/t34-/m0/s1. The molecule has 0 saturated carbocycles. The summed E-state index contributed by atoms with van der Waals surface area (Å²) < 4.78 is 8.77. The lowest BCUT2D eigenvalue weighted by molar-refractivity contribution is -0.143. The Balaban J connectivity index is 1.41. The van der Waals surface area contributed by atoms with Gasteiger partial charge in [0.15, 0.2) is 0 Å². The van der Waals surface area contributed by atoms with Crippen LogP contribution in [0, 0.1) is 0 Å². The number of carbonyl (C=O) groups is 1. The minimum absolute atomic E-state index is 0.119. The first kappa shape index (κ1) is 30.6. The fourth-order valence-corrected chi connectivity index (χ4v) is 6.29. The summed E-state index contributed by atoms with van der Waals surface area (Å²) in [6, 6.07) is 43.7. The van der Waals surface area contributed by atoms with Gasteiger partial charge in [-0.25, -0.2) is 4.79 Å². The molecule has 6 aromatic rings. The summed E-state index contributed by atoms with van der Waals surface area (Å²) in [6.45, 7) is 0. The van der Waals surface area contributed by atoms with Crippen molar-refractivity contribution in [2.45, 2.75) is 18.0 Å². The molecule has 1 heterocycles. The average Bonchev–Trinajstić information content (AvgIpc) is 3.36. The Morgan fingerprint density at radius 2 is 1.28 bits per heavy atom. The maximum absolute atomic E-state index is 13.5. The van der Waals surface area contributed by atoms with Crippen LogP contribution in [-0.4, -0.2) is 42.4 Å². The van der Waals surface area contributed by atoms with Crippen molar-refractivity contribution in [1.82, 2.24) is 14.5 Å². The number of benzene rings is 5. The van der Waals surface area contributed by atoms with Crippen LogP contribution < -0.4 is 15.9 Å². The molecule has 5 aromatic carbocycles. The number of aryl methyl sites for hydroxylation is 1. The van der Waals surface area contributed by atoms with E-state index < -0.39 is 11.6 Å². The summed E-state index contributed by atoms with van der Waals surface area (Å²) in [5.74, 6) is -0.363. The van der Waals surface area contributed by atoms with E-state index in [1.54, 1.807) is 16.2 Å². The quantitative estimate of drug-likeness (QED) is 0.151. The Hall–Kier alpha value is -5.40. The average molecular weight is 611 g/mol. The van der Waals surface area contributed by atoms with Gasteiger partial charge in [-0.05, 0) is 59.0 Å². The third-order valence-electron chi connectivity index (χ3n) is 8.69. The molecule has 0 saturated heterocycles. The van der Waals surface area contributed by atoms with E-state index >= 15 is 0 Å². The van der Waals surface area contributed by atoms with Gasteiger partial charge in [0.25, 0.3) is 0 Å². The number of ether oxygens (including phenoxy) is 1. The van der Waals surface area contributed by atoms with E-state index in [2.05, 4.69) is 41.7 Å². The maximum atomic E-state index is 13.5. The predicted molar refractivity (Wildman–Crippen MR) is 185 cm³/mol. The van der Waals surface area contributed by atoms with Crippen molar-refractivity contribution < 1.29 is 9.53 Å². The molecule has 7 nitrogen and oxygen atoms in total. The molecule has 6 rings (SSSR count). The van der Waals surface area contributed by atoms with E-state index in [-0.39, 0.29) is 11.7 Å². The number of rotatable bonds is 10. The third-order valence-corrected chi connectivity index (χ3v) is 8.69. The molecule has 0 amide bonds. The smallest absolute Gasteiger partial charge is 0.333 e. The molecule has 232 valence electrons. The molecule has 1 aromatic heterocycles. The first-order valence-corrected chi connectivity index (χ1v) is 15.3. The number of anilines is 1. The molecule has 0 bridgehead atoms. The molecule has 0 radical (unpaired) electrons. The lowest BCUT2D eigenvalue weighted by Gasteiger charge is -2.39. The molecule has 46 heavy (non-hydrogen) atoms. The number of esters is 1. The minimum atomic E-state index is -0.844. The van der Waals surface area contributed by atoms with Crippen LogP contribution in [0.3, 0.4) is 0 Å². The van der Waals surface area contributed by atoms with Gasteiger partial charge >= 0.3 is 11.7 Å². The molecule has 0 aliphatic rings. The summed E-state index contributed by atoms with van der Waals surface area (Å²) in [5, 5.41) is 3.78. The van der Waals surface area contributed by atoms with Crippen molar-refractivity contribution in [2.24, 2.45) is 7.05 Å². The fraction of sp³-hybridized carbons (Fsp3) is 0.179. The van der Waals surface area contributed by atoms with Gasteiger partial charge < -0.3 is 9.64 Å². The van der Waals surface area contributed by atoms with Gasteiger partial charge in [-0.1, -0.05) is 103 Å². The number of carbonyl (C=O) groups excluding carboxylic acids is 1. The van der Waals surface area contributed by atoms with Crippen LogP contribution in [0.5, 0.6) is 0 Å². The highest BCUT2D eigenvalue weighted by Gasteiger charge is 2.40. The summed E-state index contributed by atoms with van der Waals surface area (Å²) in [7, 11) is 7.17. The SMILES string of the molecule is COC(=O)[C@H](Cc1ccc(-n2c(=O)n(C)c3ccc(N(C)C)cc32)cc1)NC(c1ccccc1)(c1ccccc1)c1ccccc1.